The number of hydrogen-bond donors (Lipinski definition) is 0. The number of rotatable bonds is 2. The molecule has 144 valence electrons. The lowest BCUT2D eigenvalue weighted by atomic mass is 10.2. The Kier molecular flexibility index (Phi) is 6.35. The lowest BCUT2D eigenvalue weighted by molar-refractivity contribution is -0.386. The molecule has 0 aliphatic carbocycles. The summed E-state index contributed by atoms with van der Waals surface area (Å²) >= 11 is 2.84. The first-order valence-corrected chi connectivity index (χ1v) is 8.32. The predicted octanol–water partition coefficient (Wildman–Crippen LogP) is 5.17. The van der Waals surface area contributed by atoms with Crippen LogP contribution in [0.4, 0.5) is 25.4 Å². The number of nitro groups is 1. The van der Waals surface area contributed by atoms with Crippen LogP contribution in [0.2, 0.25) is 0 Å². The average Bonchev–Trinajstić information content (AvgIpc) is 2.38. The molecule has 26 heavy (non-hydrogen) atoms. The van der Waals surface area contributed by atoms with Gasteiger partial charge in [0.2, 0.25) is 5.82 Å². The molecule has 0 atom stereocenters. The van der Waals surface area contributed by atoms with Crippen molar-refractivity contribution in [2.45, 2.75) is 52.7 Å². The molecule has 0 aliphatic heterocycles. The zero-order valence-electron chi connectivity index (χ0n) is 15.3. The number of benzene rings is 1. The Morgan fingerprint density at radius 1 is 1.08 bits per heavy atom. The van der Waals surface area contributed by atoms with E-state index in [2.05, 4.69) is 15.9 Å². The molecule has 0 aromatic heterocycles. The monoisotopic (exact) mass is 434 g/mol. The number of amides is 2. The summed E-state index contributed by atoms with van der Waals surface area (Å²) in [6.07, 6.45) is -2.45. The summed E-state index contributed by atoms with van der Waals surface area (Å²) in [6, 6.07) is 2.19. The second-order valence-electron chi connectivity index (χ2n) is 7.28. The van der Waals surface area contributed by atoms with Gasteiger partial charge in [-0.05, 0) is 69.6 Å². The molecule has 0 saturated heterocycles. The highest BCUT2D eigenvalue weighted by atomic mass is 79.9. The Balaban J connectivity index is 3.56. The minimum Gasteiger partial charge on any atom is -0.443 e. The highest BCUT2D eigenvalue weighted by molar-refractivity contribution is 9.10. The maximum absolute atomic E-state index is 14.3. The lowest BCUT2D eigenvalue weighted by Gasteiger charge is -2.28. The van der Waals surface area contributed by atoms with Crippen molar-refractivity contribution in [1.82, 2.24) is 0 Å². The van der Waals surface area contributed by atoms with Gasteiger partial charge in [0, 0.05) is 0 Å². The van der Waals surface area contributed by atoms with Crippen LogP contribution in [-0.4, -0.2) is 28.3 Å². The SMILES string of the molecule is CC(C)(C)OC(=O)N(C(=O)OC(C)(C)C)c1ccc(Br)c(F)c1[N+](=O)[O-]. The molecule has 1 aromatic carbocycles. The van der Waals surface area contributed by atoms with Crippen molar-refractivity contribution in [3.05, 3.63) is 32.5 Å². The van der Waals surface area contributed by atoms with Crippen LogP contribution < -0.4 is 4.90 Å². The topological polar surface area (TPSA) is 99.0 Å². The number of carbonyl (C=O) groups is 2. The van der Waals surface area contributed by atoms with Gasteiger partial charge in [-0.15, -0.1) is 0 Å². The van der Waals surface area contributed by atoms with Gasteiger partial charge in [-0.2, -0.15) is 9.29 Å². The fourth-order valence-corrected chi connectivity index (χ4v) is 2.09. The molecule has 1 rings (SSSR count). The number of nitro benzene ring substituents is 1. The Hall–Kier alpha value is -2.23. The van der Waals surface area contributed by atoms with Crippen molar-refractivity contribution >= 4 is 39.5 Å². The number of nitrogens with zero attached hydrogens (tertiary/aromatic N) is 2. The molecule has 0 aliphatic rings. The molecule has 0 radical (unpaired) electrons. The summed E-state index contributed by atoms with van der Waals surface area (Å²) in [5.74, 6) is -1.23. The molecule has 0 heterocycles. The number of halogens is 2. The molecule has 0 fully saturated rings. The lowest BCUT2D eigenvalue weighted by Crippen LogP contribution is -2.44. The van der Waals surface area contributed by atoms with E-state index >= 15 is 0 Å². The van der Waals surface area contributed by atoms with E-state index in [1.165, 1.54) is 0 Å². The van der Waals surface area contributed by atoms with Crippen LogP contribution in [-0.2, 0) is 9.47 Å². The molecule has 1 aromatic rings. The number of anilines is 1. The van der Waals surface area contributed by atoms with Gasteiger partial charge in [-0.3, -0.25) is 10.1 Å². The second-order valence-corrected chi connectivity index (χ2v) is 8.14. The van der Waals surface area contributed by atoms with Gasteiger partial charge in [-0.1, -0.05) is 0 Å². The molecule has 10 heteroatoms. The molecule has 8 nitrogen and oxygen atoms in total. The number of carbonyl (C=O) groups excluding carboxylic acids is 2. The summed E-state index contributed by atoms with van der Waals surface area (Å²) in [5, 5.41) is 11.3. The normalized spacial score (nSPS) is 11.7. The Labute approximate surface area is 158 Å². The van der Waals surface area contributed by atoms with Crippen LogP contribution in [0.3, 0.4) is 0 Å². The van der Waals surface area contributed by atoms with Crippen molar-refractivity contribution in [3.8, 4) is 0 Å². The number of imide groups is 1. The van der Waals surface area contributed by atoms with Crippen LogP contribution in [0.1, 0.15) is 41.5 Å². The van der Waals surface area contributed by atoms with Crippen LogP contribution in [0, 0.1) is 15.9 Å². The van der Waals surface area contributed by atoms with Crippen LogP contribution in [0.25, 0.3) is 0 Å². The van der Waals surface area contributed by atoms with Crippen molar-refractivity contribution in [2.75, 3.05) is 4.90 Å². The van der Waals surface area contributed by atoms with Gasteiger partial charge >= 0.3 is 17.9 Å². The predicted molar refractivity (Wildman–Crippen MR) is 95.7 cm³/mol. The first-order valence-electron chi connectivity index (χ1n) is 7.52. The van der Waals surface area contributed by atoms with E-state index in [0.29, 0.717) is 4.90 Å². The summed E-state index contributed by atoms with van der Waals surface area (Å²) in [6.45, 7) is 9.30. The van der Waals surface area contributed by atoms with Crippen molar-refractivity contribution < 1.29 is 28.4 Å². The second kappa shape index (κ2) is 7.56. The molecule has 2 amide bonds. The van der Waals surface area contributed by atoms with Crippen LogP contribution >= 0.6 is 15.9 Å². The summed E-state index contributed by atoms with van der Waals surface area (Å²) in [4.78, 5) is 35.6. The number of hydrogen-bond acceptors (Lipinski definition) is 6. The van der Waals surface area contributed by atoms with E-state index in [9.17, 15) is 24.1 Å². The van der Waals surface area contributed by atoms with Crippen molar-refractivity contribution in [1.29, 1.82) is 0 Å². The quantitative estimate of drug-likeness (QED) is 0.469. The molecule has 0 N–H and O–H groups in total. The first kappa shape index (κ1) is 21.8. The van der Waals surface area contributed by atoms with E-state index < -0.39 is 45.5 Å². The molecule has 0 saturated carbocycles. The highest BCUT2D eigenvalue weighted by Crippen LogP contribution is 2.36. The van der Waals surface area contributed by atoms with Gasteiger partial charge in [0.25, 0.3) is 0 Å². The van der Waals surface area contributed by atoms with E-state index in [-0.39, 0.29) is 4.47 Å². The molecule has 0 unspecified atom stereocenters. The minimum absolute atomic E-state index is 0.193. The molecular formula is C16H20BrFN2O6. The summed E-state index contributed by atoms with van der Waals surface area (Å²) in [7, 11) is 0. The summed E-state index contributed by atoms with van der Waals surface area (Å²) < 4.78 is 24.3. The molecule has 0 spiro atoms. The van der Waals surface area contributed by atoms with Gasteiger partial charge in [0.15, 0.2) is 0 Å². The Morgan fingerprint density at radius 3 is 1.85 bits per heavy atom. The fraction of sp³-hybridized carbons (Fsp3) is 0.500. The van der Waals surface area contributed by atoms with Crippen molar-refractivity contribution in [2.24, 2.45) is 0 Å². The maximum Gasteiger partial charge on any atom is 0.424 e. The van der Waals surface area contributed by atoms with E-state index in [1.54, 1.807) is 41.5 Å². The highest BCUT2D eigenvalue weighted by Gasteiger charge is 2.38. The van der Waals surface area contributed by atoms with Crippen molar-refractivity contribution in [3.63, 3.8) is 0 Å². The van der Waals surface area contributed by atoms with E-state index in [0.717, 1.165) is 12.1 Å². The van der Waals surface area contributed by atoms with Gasteiger partial charge < -0.3 is 9.47 Å². The Morgan fingerprint density at radius 2 is 1.50 bits per heavy atom. The van der Waals surface area contributed by atoms with Crippen LogP contribution in [0.5, 0.6) is 0 Å². The molecular weight excluding hydrogens is 415 g/mol. The average molecular weight is 435 g/mol. The van der Waals surface area contributed by atoms with Gasteiger partial charge in [-0.25, -0.2) is 9.59 Å². The van der Waals surface area contributed by atoms with Gasteiger partial charge in [0.05, 0.1) is 9.40 Å². The third kappa shape index (κ3) is 5.65. The standard InChI is InChI=1S/C16H20BrFN2O6/c1-15(2,3)25-13(21)19(14(22)26-16(4,5)6)10-8-7-9(17)11(18)12(10)20(23)24/h7-8H,1-6H3. The largest absolute Gasteiger partial charge is 0.443 e. The third-order valence-electron chi connectivity index (χ3n) is 2.62. The summed E-state index contributed by atoms with van der Waals surface area (Å²) in [5.41, 5.74) is -3.66. The minimum atomic E-state index is -1.23. The smallest absolute Gasteiger partial charge is 0.424 e. The third-order valence-corrected chi connectivity index (χ3v) is 3.24. The fourth-order valence-electron chi connectivity index (χ4n) is 1.77. The van der Waals surface area contributed by atoms with E-state index in [1.807, 2.05) is 0 Å². The Bertz CT molecular complexity index is 711. The zero-order valence-corrected chi connectivity index (χ0v) is 16.8. The van der Waals surface area contributed by atoms with Crippen LogP contribution in [0.15, 0.2) is 16.6 Å². The molecule has 0 bridgehead atoms. The van der Waals surface area contributed by atoms with E-state index in [4.69, 9.17) is 9.47 Å². The zero-order chi connectivity index (χ0) is 20.4. The number of ether oxygens (including phenoxy) is 2. The first-order chi connectivity index (χ1) is 11.6. The maximum atomic E-state index is 14.3. The van der Waals surface area contributed by atoms with Gasteiger partial charge in [0.1, 0.15) is 16.9 Å².